The molecule has 0 saturated heterocycles. The highest BCUT2D eigenvalue weighted by Crippen LogP contribution is 2.18. The molecule has 0 amide bonds. The Balaban J connectivity index is 4.16. The van der Waals surface area contributed by atoms with Gasteiger partial charge in [0.2, 0.25) is 0 Å². The zero-order valence-electron chi connectivity index (χ0n) is 40.4. The van der Waals surface area contributed by atoms with E-state index in [1.54, 1.807) is 0 Å². The number of ether oxygens (including phenoxy) is 3. The van der Waals surface area contributed by atoms with Crippen LogP contribution in [0.2, 0.25) is 0 Å². The van der Waals surface area contributed by atoms with E-state index in [0.29, 0.717) is 19.3 Å². The lowest BCUT2D eigenvalue weighted by molar-refractivity contribution is -0.167. The second-order valence-corrected chi connectivity index (χ2v) is 18.9. The van der Waals surface area contributed by atoms with Crippen LogP contribution in [0.5, 0.6) is 0 Å². The van der Waals surface area contributed by atoms with Crippen LogP contribution in [-0.4, -0.2) is 37.2 Å². The number of esters is 3. The van der Waals surface area contributed by atoms with Gasteiger partial charge < -0.3 is 14.2 Å². The van der Waals surface area contributed by atoms with E-state index in [0.717, 1.165) is 69.6 Å². The minimum Gasteiger partial charge on any atom is -0.462 e. The third kappa shape index (κ3) is 45.8. The van der Waals surface area contributed by atoms with Gasteiger partial charge in [0, 0.05) is 19.3 Å². The highest BCUT2D eigenvalue weighted by molar-refractivity contribution is 5.71. The van der Waals surface area contributed by atoms with Crippen LogP contribution in [0.15, 0.2) is 0 Å². The van der Waals surface area contributed by atoms with Crippen LogP contribution in [0.3, 0.4) is 0 Å². The fourth-order valence-electron chi connectivity index (χ4n) is 7.96. The fourth-order valence-corrected chi connectivity index (χ4v) is 7.96. The van der Waals surface area contributed by atoms with Gasteiger partial charge in [0.1, 0.15) is 13.2 Å². The van der Waals surface area contributed by atoms with Crippen LogP contribution in [0.4, 0.5) is 0 Å². The molecule has 0 saturated carbocycles. The van der Waals surface area contributed by atoms with Crippen LogP contribution >= 0.6 is 0 Å². The molecule has 0 aliphatic carbocycles. The third-order valence-electron chi connectivity index (χ3n) is 12.3. The molecule has 6 nitrogen and oxygen atoms in total. The first-order chi connectivity index (χ1) is 28.8. The minimum atomic E-state index is -0.761. The van der Waals surface area contributed by atoms with Gasteiger partial charge >= 0.3 is 17.9 Å². The Bertz CT molecular complexity index is 902. The van der Waals surface area contributed by atoms with Crippen molar-refractivity contribution in [1.29, 1.82) is 0 Å². The molecule has 0 bridgehead atoms. The van der Waals surface area contributed by atoms with Gasteiger partial charge in [0.05, 0.1) is 0 Å². The number of carbonyl (C=O) groups is 3. The molecule has 0 aromatic rings. The molecule has 0 N–H and O–H groups in total. The second kappa shape index (κ2) is 45.9. The van der Waals surface area contributed by atoms with Crippen LogP contribution in [0, 0.1) is 11.8 Å². The summed E-state index contributed by atoms with van der Waals surface area (Å²) in [6, 6.07) is 0. The van der Waals surface area contributed by atoms with Crippen molar-refractivity contribution in [3.63, 3.8) is 0 Å². The van der Waals surface area contributed by atoms with Crippen LogP contribution in [0.1, 0.15) is 291 Å². The number of unbranched alkanes of at least 4 members (excludes halogenated alkanes) is 31. The van der Waals surface area contributed by atoms with E-state index in [1.165, 1.54) is 180 Å². The highest BCUT2D eigenvalue weighted by atomic mass is 16.6. The maximum absolute atomic E-state index is 12.8. The molecule has 0 aromatic heterocycles. The summed E-state index contributed by atoms with van der Waals surface area (Å²) in [5.41, 5.74) is 0. The normalized spacial score (nSPS) is 12.5. The molecule has 1 unspecified atom stereocenters. The summed E-state index contributed by atoms with van der Waals surface area (Å²) in [4.78, 5) is 37.8. The zero-order valence-corrected chi connectivity index (χ0v) is 40.4. The molecule has 0 rings (SSSR count). The van der Waals surface area contributed by atoms with E-state index in [-0.39, 0.29) is 31.1 Å². The van der Waals surface area contributed by atoms with Gasteiger partial charge in [-0.25, -0.2) is 0 Å². The van der Waals surface area contributed by atoms with Gasteiger partial charge in [-0.05, 0) is 31.1 Å². The SMILES string of the molecule is CCCCCCCCCCCC(=O)OC[C@H](COC(=O)CCCCCCCCCC(C)C)OC(=O)CCCCCCCCCCCCCCCCCCCCC(C)CC. The molecule has 0 radical (unpaired) electrons. The Kier molecular flexibility index (Phi) is 44.7. The quantitative estimate of drug-likeness (QED) is 0.0345. The Morgan fingerprint density at radius 2 is 0.644 bits per heavy atom. The Labute approximate surface area is 368 Å². The first kappa shape index (κ1) is 57.4. The van der Waals surface area contributed by atoms with Crippen molar-refractivity contribution in [3.8, 4) is 0 Å². The van der Waals surface area contributed by atoms with Gasteiger partial charge in [-0.15, -0.1) is 0 Å². The summed E-state index contributed by atoms with van der Waals surface area (Å²) in [5, 5.41) is 0. The number of rotatable bonds is 47. The molecule has 0 fully saturated rings. The molecule has 0 heterocycles. The average molecular weight is 835 g/mol. The highest BCUT2D eigenvalue weighted by Gasteiger charge is 2.19. The first-order valence-corrected chi connectivity index (χ1v) is 26.3. The molecule has 350 valence electrons. The molecular formula is C53H102O6. The minimum absolute atomic E-state index is 0.0646. The Hall–Kier alpha value is -1.59. The number of hydrogen-bond acceptors (Lipinski definition) is 6. The predicted molar refractivity (Wildman–Crippen MR) is 252 cm³/mol. The third-order valence-corrected chi connectivity index (χ3v) is 12.3. The molecule has 59 heavy (non-hydrogen) atoms. The Morgan fingerprint density at radius 1 is 0.356 bits per heavy atom. The summed E-state index contributed by atoms with van der Waals surface area (Å²) in [7, 11) is 0. The van der Waals surface area contributed by atoms with Crippen LogP contribution < -0.4 is 0 Å². The summed E-state index contributed by atoms with van der Waals surface area (Å²) >= 11 is 0. The van der Waals surface area contributed by atoms with Crippen molar-refractivity contribution < 1.29 is 28.6 Å². The van der Waals surface area contributed by atoms with Gasteiger partial charge in [-0.1, -0.05) is 253 Å². The van der Waals surface area contributed by atoms with E-state index >= 15 is 0 Å². The molecule has 6 heteroatoms. The van der Waals surface area contributed by atoms with E-state index in [2.05, 4.69) is 34.6 Å². The molecule has 0 aliphatic heterocycles. The van der Waals surface area contributed by atoms with Crippen molar-refractivity contribution in [2.75, 3.05) is 13.2 Å². The summed E-state index contributed by atoms with van der Waals surface area (Å²) in [6.45, 7) is 11.4. The van der Waals surface area contributed by atoms with Crippen molar-refractivity contribution in [2.24, 2.45) is 11.8 Å². The monoisotopic (exact) mass is 835 g/mol. The molecular weight excluding hydrogens is 733 g/mol. The fraction of sp³-hybridized carbons (Fsp3) is 0.943. The number of hydrogen-bond donors (Lipinski definition) is 0. The molecule has 0 aromatic carbocycles. The van der Waals surface area contributed by atoms with Crippen molar-refractivity contribution in [2.45, 2.75) is 298 Å². The maximum Gasteiger partial charge on any atom is 0.306 e. The number of carbonyl (C=O) groups excluding carboxylic acids is 3. The van der Waals surface area contributed by atoms with Crippen molar-refractivity contribution in [1.82, 2.24) is 0 Å². The topological polar surface area (TPSA) is 78.9 Å². The van der Waals surface area contributed by atoms with E-state index in [9.17, 15) is 14.4 Å². The second-order valence-electron chi connectivity index (χ2n) is 18.9. The van der Waals surface area contributed by atoms with E-state index < -0.39 is 6.10 Å². The molecule has 2 atom stereocenters. The molecule has 0 spiro atoms. The lowest BCUT2D eigenvalue weighted by Gasteiger charge is -2.18. The maximum atomic E-state index is 12.8. The van der Waals surface area contributed by atoms with E-state index in [4.69, 9.17) is 14.2 Å². The van der Waals surface area contributed by atoms with Gasteiger partial charge in [0.25, 0.3) is 0 Å². The largest absolute Gasteiger partial charge is 0.462 e. The van der Waals surface area contributed by atoms with Crippen LogP contribution in [-0.2, 0) is 28.6 Å². The van der Waals surface area contributed by atoms with E-state index in [1.807, 2.05) is 0 Å². The van der Waals surface area contributed by atoms with Crippen LogP contribution in [0.25, 0.3) is 0 Å². The summed E-state index contributed by atoms with van der Waals surface area (Å²) in [6.07, 6.45) is 46.8. The average Bonchev–Trinajstić information content (AvgIpc) is 3.22. The lowest BCUT2D eigenvalue weighted by Crippen LogP contribution is -2.30. The van der Waals surface area contributed by atoms with Gasteiger partial charge in [-0.3, -0.25) is 14.4 Å². The summed E-state index contributed by atoms with van der Waals surface area (Å²) in [5.74, 6) is 0.837. The summed E-state index contributed by atoms with van der Waals surface area (Å²) < 4.78 is 16.8. The van der Waals surface area contributed by atoms with Gasteiger partial charge in [-0.2, -0.15) is 0 Å². The standard InChI is InChI=1S/C53H102O6/c1-6-8-9-10-11-22-28-33-38-43-51(54)57-46-50(47-58-52(55)44-39-34-30-25-26-31-36-41-48(3)4)59-53(56)45-40-35-29-24-21-19-17-15-13-12-14-16-18-20-23-27-32-37-42-49(5)7-2/h48-50H,6-47H2,1-5H3/t49?,50-/m1/s1. The van der Waals surface area contributed by atoms with Crippen molar-refractivity contribution >= 4 is 17.9 Å². The van der Waals surface area contributed by atoms with Gasteiger partial charge in [0.15, 0.2) is 6.10 Å². The smallest absolute Gasteiger partial charge is 0.306 e. The first-order valence-electron chi connectivity index (χ1n) is 26.3. The van der Waals surface area contributed by atoms with Crippen molar-refractivity contribution in [3.05, 3.63) is 0 Å². The lowest BCUT2D eigenvalue weighted by atomic mass is 9.99. The zero-order chi connectivity index (χ0) is 43.3. The predicted octanol–water partition coefficient (Wildman–Crippen LogP) is 16.9. The molecule has 0 aliphatic rings. The Morgan fingerprint density at radius 3 is 0.966 bits per heavy atom.